The Labute approximate surface area is 137 Å². The van der Waals surface area contributed by atoms with E-state index in [1.54, 1.807) is 11.3 Å². The highest BCUT2D eigenvalue weighted by Crippen LogP contribution is 2.26. The van der Waals surface area contributed by atoms with Crippen LogP contribution in [0.5, 0.6) is 0 Å². The van der Waals surface area contributed by atoms with Gasteiger partial charge in [-0.25, -0.2) is 4.68 Å². The van der Waals surface area contributed by atoms with Crippen molar-refractivity contribution >= 4 is 11.3 Å². The van der Waals surface area contributed by atoms with E-state index < -0.39 is 0 Å². The highest BCUT2D eigenvalue weighted by molar-refractivity contribution is 7.08. The van der Waals surface area contributed by atoms with Gasteiger partial charge in [0.2, 0.25) is 0 Å². The molecule has 1 N–H and O–H groups in total. The van der Waals surface area contributed by atoms with E-state index in [0.29, 0.717) is 6.61 Å². The van der Waals surface area contributed by atoms with Crippen molar-refractivity contribution in [2.75, 3.05) is 6.54 Å². The van der Waals surface area contributed by atoms with Crippen LogP contribution in [0.4, 0.5) is 0 Å². The fourth-order valence-corrected chi connectivity index (χ4v) is 3.39. The van der Waals surface area contributed by atoms with Crippen LogP contribution in [0, 0.1) is 0 Å². The van der Waals surface area contributed by atoms with Gasteiger partial charge in [-0.05, 0) is 11.4 Å². The lowest BCUT2D eigenvalue weighted by Crippen LogP contribution is -2.36. The predicted molar refractivity (Wildman–Crippen MR) is 86.8 cm³/mol. The number of thiophene rings is 1. The molecule has 4 rings (SSSR count). The number of aromatic nitrogens is 5. The van der Waals surface area contributed by atoms with Gasteiger partial charge in [0.25, 0.3) is 0 Å². The summed E-state index contributed by atoms with van der Waals surface area (Å²) in [4.78, 5) is 0. The van der Waals surface area contributed by atoms with Crippen molar-refractivity contribution in [1.29, 1.82) is 0 Å². The van der Waals surface area contributed by atoms with Crippen LogP contribution < -0.4 is 5.32 Å². The molecule has 1 aliphatic heterocycles. The van der Waals surface area contributed by atoms with Crippen molar-refractivity contribution in [1.82, 2.24) is 30.1 Å². The molecule has 0 fully saturated rings. The number of fused-ring (bicyclic) bond motifs is 1. The molecule has 0 aromatic carbocycles. The number of rotatable bonds is 5. The quantitative estimate of drug-likeness (QED) is 0.766. The van der Waals surface area contributed by atoms with Gasteiger partial charge in [-0.15, -0.1) is 5.10 Å². The Kier molecular flexibility index (Phi) is 3.94. The fraction of sp³-hybridized carbons (Fsp3) is 0.400. The number of aryl methyl sites for hydroxylation is 1. The second kappa shape index (κ2) is 6.23. The smallest absolute Gasteiger partial charge is 0.119 e. The van der Waals surface area contributed by atoms with Crippen LogP contribution in [0.3, 0.4) is 0 Å². The van der Waals surface area contributed by atoms with E-state index in [-0.39, 0.29) is 6.10 Å². The van der Waals surface area contributed by atoms with E-state index in [4.69, 9.17) is 4.74 Å². The molecule has 0 bridgehead atoms. The molecule has 120 valence electrons. The minimum atomic E-state index is 0.108. The summed E-state index contributed by atoms with van der Waals surface area (Å²) in [7, 11) is 1.92. The zero-order chi connectivity index (χ0) is 15.6. The summed E-state index contributed by atoms with van der Waals surface area (Å²) in [5.74, 6) is 0. The van der Waals surface area contributed by atoms with Gasteiger partial charge in [-0.3, -0.25) is 4.68 Å². The average Bonchev–Trinajstić information content (AvgIpc) is 3.27. The van der Waals surface area contributed by atoms with E-state index in [9.17, 15) is 0 Å². The van der Waals surface area contributed by atoms with Crippen LogP contribution in [0.15, 0.2) is 29.2 Å². The average molecular weight is 330 g/mol. The molecule has 7 nitrogen and oxygen atoms in total. The maximum atomic E-state index is 5.96. The molecule has 23 heavy (non-hydrogen) atoms. The first kappa shape index (κ1) is 14.6. The van der Waals surface area contributed by atoms with Crippen molar-refractivity contribution in [3.63, 3.8) is 0 Å². The lowest BCUT2D eigenvalue weighted by molar-refractivity contribution is 0.00125. The summed E-state index contributed by atoms with van der Waals surface area (Å²) >= 11 is 1.67. The van der Waals surface area contributed by atoms with Crippen LogP contribution in [0.1, 0.15) is 11.3 Å². The number of ether oxygens (including phenoxy) is 1. The first-order valence-corrected chi connectivity index (χ1v) is 8.48. The molecule has 0 aliphatic carbocycles. The van der Waals surface area contributed by atoms with Gasteiger partial charge in [0, 0.05) is 42.8 Å². The zero-order valence-corrected chi connectivity index (χ0v) is 13.7. The second-order valence-electron chi connectivity index (χ2n) is 5.67. The van der Waals surface area contributed by atoms with Gasteiger partial charge in [-0.2, -0.15) is 16.4 Å². The van der Waals surface area contributed by atoms with E-state index in [1.807, 2.05) is 28.8 Å². The molecule has 3 aromatic rings. The van der Waals surface area contributed by atoms with Crippen LogP contribution in [0.25, 0.3) is 11.3 Å². The topological polar surface area (TPSA) is 69.8 Å². The predicted octanol–water partition coefficient (Wildman–Crippen LogP) is 1.43. The van der Waals surface area contributed by atoms with Crippen molar-refractivity contribution in [2.45, 2.75) is 25.8 Å². The first-order chi connectivity index (χ1) is 11.3. The highest BCUT2D eigenvalue weighted by atomic mass is 32.1. The van der Waals surface area contributed by atoms with Gasteiger partial charge in [0.05, 0.1) is 31.1 Å². The Morgan fingerprint density at radius 1 is 1.48 bits per heavy atom. The Hall–Kier alpha value is -2.03. The Morgan fingerprint density at radius 2 is 2.43 bits per heavy atom. The SMILES string of the molecule is Cn1cc(CNC[C@H]2Cn3nnc(-c4ccsc4)c3CO2)cn1. The van der Waals surface area contributed by atoms with Crippen LogP contribution in [0.2, 0.25) is 0 Å². The number of nitrogens with zero attached hydrogens (tertiary/aromatic N) is 5. The maximum absolute atomic E-state index is 5.96. The fourth-order valence-electron chi connectivity index (χ4n) is 2.75. The van der Waals surface area contributed by atoms with Gasteiger partial charge in [0.1, 0.15) is 5.69 Å². The third kappa shape index (κ3) is 3.05. The van der Waals surface area contributed by atoms with Crippen molar-refractivity contribution in [2.24, 2.45) is 7.05 Å². The normalized spacial score (nSPS) is 17.3. The molecule has 0 saturated carbocycles. The molecule has 0 saturated heterocycles. The van der Waals surface area contributed by atoms with Crippen molar-refractivity contribution in [3.8, 4) is 11.3 Å². The molecular weight excluding hydrogens is 312 g/mol. The highest BCUT2D eigenvalue weighted by Gasteiger charge is 2.24. The lowest BCUT2D eigenvalue weighted by Gasteiger charge is -2.24. The van der Waals surface area contributed by atoms with E-state index in [2.05, 4.69) is 37.6 Å². The summed E-state index contributed by atoms with van der Waals surface area (Å²) in [6, 6.07) is 2.07. The largest absolute Gasteiger partial charge is 0.369 e. The zero-order valence-electron chi connectivity index (χ0n) is 12.8. The number of hydrogen-bond donors (Lipinski definition) is 1. The van der Waals surface area contributed by atoms with Gasteiger partial charge >= 0.3 is 0 Å². The molecule has 4 heterocycles. The molecule has 0 radical (unpaired) electrons. The molecule has 0 amide bonds. The number of nitrogens with one attached hydrogen (secondary N) is 1. The van der Waals surface area contributed by atoms with Crippen molar-refractivity contribution < 1.29 is 4.74 Å². The third-order valence-corrected chi connectivity index (χ3v) is 4.61. The Bertz CT molecular complexity index is 778. The van der Waals surface area contributed by atoms with Crippen molar-refractivity contribution in [3.05, 3.63) is 40.5 Å². The van der Waals surface area contributed by atoms with Gasteiger partial charge in [0.15, 0.2) is 0 Å². The molecule has 1 aliphatic rings. The third-order valence-electron chi connectivity index (χ3n) is 3.92. The summed E-state index contributed by atoms with van der Waals surface area (Å²) in [5, 5.41) is 20.3. The van der Waals surface area contributed by atoms with Gasteiger partial charge in [-0.1, -0.05) is 5.21 Å². The molecular formula is C15H18N6OS. The Balaban J connectivity index is 1.36. The summed E-state index contributed by atoms with van der Waals surface area (Å²) in [6.45, 7) is 2.85. The minimum Gasteiger partial charge on any atom is -0.369 e. The van der Waals surface area contributed by atoms with E-state index in [1.165, 1.54) is 5.56 Å². The summed E-state index contributed by atoms with van der Waals surface area (Å²) in [6.07, 6.45) is 3.99. The van der Waals surface area contributed by atoms with E-state index >= 15 is 0 Å². The summed E-state index contributed by atoms with van der Waals surface area (Å²) < 4.78 is 9.74. The lowest BCUT2D eigenvalue weighted by atomic mass is 10.2. The molecule has 8 heteroatoms. The maximum Gasteiger partial charge on any atom is 0.119 e. The summed E-state index contributed by atoms with van der Waals surface area (Å²) in [5.41, 5.74) is 4.29. The molecule has 0 spiro atoms. The van der Waals surface area contributed by atoms with Gasteiger partial charge < -0.3 is 10.1 Å². The van der Waals surface area contributed by atoms with Crippen LogP contribution in [-0.4, -0.2) is 37.4 Å². The molecule has 3 aromatic heterocycles. The monoisotopic (exact) mass is 330 g/mol. The molecule has 1 atom stereocenters. The Morgan fingerprint density at radius 3 is 3.22 bits per heavy atom. The van der Waals surface area contributed by atoms with E-state index in [0.717, 1.165) is 36.6 Å². The molecule has 0 unspecified atom stereocenters. The van der Waals surface area contributed by atoms with Crippen LogP contribution >= 0.6 is 11.3 Å². The first-order valence-electron chi connectivity index (χ1n) is 7.54. The number of hydrogen-bond acceptors (Lipinski definition) is 6. The standard InChI is InChI=1S/C15H18N6OS/c1-20-7-11(5-17-20)4-16-6-13-8-21-14(9-22-13)15(18-19-21)12-2-3-23-10-12/h2-3,5,7,10,13,16H,4,6,8-9H2,1H3/t13-/m0/s1. The van der Waals surface area contributed by atoms with Crippen LogP contribution in [-0.2, 0) is 31.5 Å². The minimum absolute atomic E-state index is 0.108. The second-order valence-corrected chi connectivity index (χ2v) is 6.45.